The maximum Gasteiger partial charge on any atom is 0.149 e. The zero-order valence-electron chi connectivity index (χ0n) is 10.0. The average Bonchev–Trinajstić information content (AvgIpc) is 2.79. The van der Waals surface area contributed by atoms with Crippen LogP contribution in [0.1, 0.15) is 24.5 Å². The van der Waals surface area contributed by atoms with Crippen LogP contribution in [0.2, 0.25) is 0 Å². The largest absolute Gasteiger partial charge is 0.390 e. The highest BCUT2D eigenvalue weighted by Gasteiger charge is 2.26. The molecule has 1 aromatic rings. The molecular formula is C13H16ClNO2. The SMILES string of the molecule is COCc1cccc(C2=NOC(C(C)Cl)C2)c1. The van der Waals surface area contributed by atoms with Crippen molar-refractivity contribution in [1.82, 2.24) is 0 Å². The summed E-state index contributed by atoms with van der Waals surface area (Å²) in [6, 6.07) is 8.14. The molecule has 0 aliphatic carbocycles. The number of rotatable bonds is 4. The van der Waals surface area contributed by atoms with Crippen LogP contribution in [0.25, 0.3) is 0 Å². The summed E-state index contributed by atoms with van der Waals surface area (Å²) in [7, 11) is 1.69. The van der Waals surface area contributed by atoms with Crippen LogP contribution < -0.4 is 0 Å². The van der Waals surface area contributed by atoms with Gasteiger partial charge in [0.15, 0.2) is 0 Å². The van der Waals surface area contributed by atoms with E-state index in [9.17, 15) is 0 Å². The van der Waals surface area contributed by atoms with Gasteiger partial charge in [0.05, 0.1) is 17.7 Å². The Morgan fingerprint density at radius 2 is 2.41 bits per heavy atom. The second-order valence-electron chi connectivity index (χ2n) is 4.20. The van der Waals surface area contributed by atoms with Gasteiger partial charge in [0.2, 0.25) is 0 Å². The van der Waals surface area contributed by atoms with Crippen LogP contribution in [-0.4, -0.2) is 24.3 Å². The number of benzene rings is 1. The molecule has 0 N–H and O–H groups in total. The summed E-state index contributed by atoms with van der Waals surface area (Å²) in [5.74, 6) is 0. The van der Waals surface area contributed by atoms with Gasteiger partial charge in [-0.3, -0.25) is 0 Å². The summed E-state index contributed by atoms with van der Waals surface area (Å²) in [4.78, 5) is 5.31. The van der Waals surface area contributed by atoms with Crippen molar-refractivity contribution in [2.24, 2.45) is 5.16 Å². The van der Waals surface area contributed by atoms with Gasteiger partial charge < -0.3 is 9.57 Å². The quantitative estimate of drug-likeness (QED) is 0.773. The summed E-state index contributed by atoms with van der Waals surface area (Å²) in [6.45, 7) is 2.53. The van der Waals surface area contributed by atoms with Gasteiger partial charge in [-0.15, -0.1) is 11.6 Å². The third kappa shape index (κ3) is 2.99. The predicted octanol–water partition coefficient (Wildman–Crippen LogP) is 2.95. The topological polar surface area (TPSA) is 30.8 Å². The molecule has 2 unspecified atom stereocenters. The van der Waals surface area contributed by atoms with E-state index in [2.05, 4.69) is 11.2 Å². The fourth-order valence-corrected chi connectivity index (χ4v) is 1.96. The van der Waals surface area contributed by atoms with Crippen LogP contribution in [0, 0.1) is 0 Å². The van der Waals surface area contributed by atoms with E-state index in [4.69, 9.17) is 21.2 Å². The first-order valence-electron chi connectivity index (χ1n) is 5.65. The van der Waals surface area contributed by atoms with Crippen molar-refractivity contribution < 1.29 is 9.57 Å². The van der Waals surface area contributed by atoms with E-state index in [-0.39, 0.29) is 11.5 Å². The molecule has 0 saturated heterocycles. The van der Waals surface area contributed by atoms with Crippen LogP contribution in [0.15, 0.2) is 29.4 Å². The molecule has 1 heterocycles. The molecule has 92 valence electrons. The number of alkyl halides is 1. The Bertz CT molecular complexity index is 418. The lowest BCUT2D eigenvalue weighted by Gasteiger charge is -2.09. The lowest BCUT2D eigenvalue weighted by Crippen LogP contribution is -2.18. The lowest BCUT2D eigenvalue weighted by atomic mass is 10.0. The summed E-state index contributed by atoms with van der Waals surface area (Å²) >= 11 is 6.00. The smallest absolute Gasteiger partial charge is 0.149 e. The maximum absolute atomic E-state index is 6.00. The fraction of sp³-hybridized carbons (Fsp3) is 0.462. The number of oxime groups is 1. The summed E-state index contributed by atoms with van der Waals surface area (Å²) in [6.07, 6.45) is 0.749. The zero-order valence-corrected chi connectivity index (χ0v) is 10.8. The molecule has 3 nitrogen and oxygen atoms in total. The maximum atomic E-state index is 6.00. The van der Waals surface area contributed by atoms with Crippen LogP contribution in [0.3, 0.4) is 0 Å². The van der Waals surface area contributed by atoms with Gasteiger partial charge in [-0.05, 0) is 24.1 Å². The minimum atomic E-state index is -0.0293. The Morgan fingerprint density at radius 3 is 3.06 bits per heavy atom. The molecule has 4 heteroatoms. The number of hydrogen-bond donors (Lipinski definition) is 0. The summed E-state index contributed by atoms with van der Waals surface area (Å²) < 4.78 is 5.11. The number of halogens is 1. The van der Waals surface area contributed by atoms with Crippen molar-refractivity contribution in [3.63, 3.8) is 0 Å². The van der Waals surface area contributed by atoms with E-state index in [1.165, 1.54) is 0 Å². The molecular weight excluding hydrogens is 238 g/mol. The second-order valence-corrected chi connectivity index (χ2v) is 4.89. The molecule has 0 spiro atoms. The molecule has 0 aromatic heterocycles. The van der Waals surface area contributed by atoms with Gasteiger partial charge in [-0.2, -0.15) is 0 Å². The first-order chi connectivity index (χ1) is 8.20. The number of methoxy groups -OCH3 is 1. The van der Waals surface area contributed by atoms with Crippen LogP contribution >= 0.6 is 11.6 Å². The van der Waals surface area contributed by atoms with Gasteiger partial charge in [-0.1, -0.05) is 23.4 Å². The van der Waals surface area contributed by atoms with Gasteiger partial charge in [0.1, 0.15) is 6.10 Å². The first-order valence-corrected chi connectivity index (χ1v) is 6.09. The highest BCUT2D eigenvalue weighted by Crippen LogP contribution is 2.22. The highest BCUT2D eigenvalue weighted by atomic mass is 35.5. The standard InChI is InChI=1S/C13H16ClNO2/c1-9(14)13-7-12(15-17-13)11-5-3-4-10(6-11)8-16-2/h3-6,9,13H,7-8H2,1-2H3. The van der Waals surface area contributed by atoms with E-state index in [0.717, 1.165) is 23.3 Å². The Labute approximate surface area is 106 Å². The molecule has 0 bridgehead atoms. The molecule has 1 aliphatic rings. The molecule has 0 saturated carbocycles. The van der Waals surface area contributed by atoms with Crippen molar-refractivity contribution in [2.45, 2.75) is 31.4 Å². The van der Waals surface area contributed by atoms with Gasteiger partial charge in [-0.25, -0.2) is 0 Å². The molecule has 2 atom stereocenters. The Morgan fingerprint density at radius 1 is 1.59 bits per heavy atom. The molecule has 1 aliphatic heterocycles. The van der Waals surface area contributed by atoms with Crippen LogP contribution in [-0.2, 0) is 16.2 Å². The number of ether oxygens (including phenoxy) is 1. The Kier molecular flexibility index (Phi) is 4.02. The number of nitrogens with zero attached hydrogens (tertiary/aromatic N) is 1. The van der Waals surface area contributed by atoms with E-state index in [1.807, 2.05) is 25.1 Å². The predicted molar refractivity (Wildman–Crippen MR) is 68.5 cm³/mol. The van der Waals surface area contributed by atoms with Gasteiger partial charge >= 0.3 is 0 Å². The molecule has 2 rings (SSSR count). The normalized spacial score (nSPS) is 20.9. The van der Waals surface area contributed by atoms with E-state index in [1.54, 1.807) is 7.11 Å². The third-order valence-electron chi connectivity index (χ3n) is 2.78. The van der Waals surface area contributed by atoms with Crippen LogP contribution in [0.4, 0.5) is 0 Å². The number of hydrogen-bond acceptors (Lipinski definition) is 3. The van der Waals surface area contributed by atoms with Gasteiger partial charge in [0.25, 0.3) is 0 Å². The first kappa shape index (κ1) is 12.4. The highest BCUT2D eigenvalue weighted by molar-refractivity contribution is 6.21. The monoisotopic (exact) mass is 253 g/mol. The Hall–Kier alpha value is -1.06. The average molecular weight is 254 g/mol. The van der Waals surface area contributed by atoms with Crippen molar-refractivity contribution in [1.29, 1.82) is 0 Å². The van der Waals surface area contributed by atoms with Crippen molar-refractivity contribution >= 4 is 17.3 Å². The molecule has 17 heavy (non-hydrogen) atoms. The van der Waals surface area contributed by atoms with Crippen molar-refractivity contribution in [2.75, 3.05) is 7.11 Å². The van der Waals surface area contributed by atoms with E-state index < -0.39 is 0 Å². The van der Waals surface area contributed by atoms with E-state index >= 15 is 0 Å². The second kappa shape index (κ2) is 5.52. The van der Waals surface area contributed by atoms with Gasteiger partial charge in [0, 0.05) is 13.5 Å². The molecule has 0 fully saturated rings. The van der Waals surface area contributed by atoms with Crippen molar-refractivity contribution in [3.05, 3.63) is 35.4 Å². The third-order valence-corrected chi connectivity index (χ3v) is 3.06. The Balaban J connectivity index is 2.10. The molecule has 0 amide bonds. The minimum Gasteiger partial charge on any atom is -0.390 e. The summed E-state index contributed by atoms with van der Waals surface area (Å²) in [5.41, 5.74) is 3.18. The minimum absolute atomic E-state index is 0.0160. The lowest BCUT2D eigenvalue weighted by molar-refractivity contribution is 0.0855. The van der Waals surface area contributed by atoms with E-state index in [0.29, 0.717) is 6.61 Å². The molecule has 1 aromatic carbocycles. The van der Waals surface area contributed by atoms with Crippen LogP contribution in [0.5, 0.6) is 0 Å². The fourth-order valence-electron chi connectivity index (χ4n) is 1.82. The summed E-state index contributed by atoms with van der Waals surface area (Å²) in [5, 5.41) is 4.07. The molecule has 0 radical (unpaired) electrons. The van der Waals surface area contributed by atoms with Crippen molar-refractivity contribution in [3.8, 4) is 0 Å². The zero-order chi connectivity index (χ0) is 12.3.